The van der Waals surface area contributed by atoms with Gasteiger partial charge in [0.1, 0.15) is 5.62 Å². The summed E-state index contributed by atoms with van der Waals surface area (Å²) in [5.74, 6) is 0. The molecule has 0 fully saturated rings. The summed E-state index contributed by atoms with van der Waals surface area (Å²) in [7, 11) is -3.27. The van der Waals surface area contributed by atoms with Crippen molar-refractivity contribution in [2.75, 3.05) is 5.62 Å². The van der Waals surface area contributed by atoms with Crippen LogP contribution in [0.4, 0.5) is 0 Å². The van der Waals surface area contributed by atoms with E-state index in [1.165, 1.54) is 0 Å². The fourth-order valence-electron chi connectivity index (χ4n) is 1.60. The highest BCUT2D eigenvalue weighted by atomic mass is 35.5. The Bertz CT molecular complexity index is 512. The van der Waals surface area contributed by atoms with Gasteiger partial charge in [-0.2, -0.15) is 0 Å². The third kappa shape index (κ3) is 4.77. The van der Waals surface area contributed by atoms with Crippen LogP contribution in [0.5, 0.6) is 0 Å². The summed E-state index contributed by atoms with van der Waals surface area (Å²) in [5, 5.41) is 0. The average Bonchev–Trinajstić information content (AvgIpc) is 2.53. The summed E-state index contributed by atoms with van der Waals surface area (Å²) in [6, 6.07) is 19.0. The first kappa shape index (κ1) is 15.3. The van der Waals surface area contributed by atoms with E-state index in [1.54, 1.807) is 0 Å². The highest BCUT2D eigenvalue weighted by Gasteiger charge is 2.23. The number of rotatable bonds is 7. The molecule has 0 amide bonds. The van der Waals surface area contributed by atoms with E-state index >= 15 is 0 Å². The van der Waals surface area contributed by atoms with Gasteiger partial charge in [0.05, 0.1) is 13.2 Å². The molecule has 0 unspecified atom stereocenters. The van der Waals surface area contributed by atoms with Gasteiger partial charge in [0.25, 0.3) is 0 Å². The lowest BCUT2D eigenvalue weighted by atomic mass is 10.2. The zero-order chi connectivity index (χ0) is 14.3. The van der Waals surface area contributed by atoms with Crippen LogP contribution in [0, 0.1) is 0 Å². The van der Waals surface area contributed by atoms with E-state index in [1.807, 2.05) is 60.7 Å². The van der Waals surface area contributed by atoms with Crippen molar-refractivity contribution in [3.63, 3.8) is 0 Å². The van der Waals surface area contributed by atoms with E-state index in [9.17, 15) is 4.57 Å². The number of alkyl halides is 1. The quantitative estimate of drug-likeness (QED) is 0.544. The molecule has 0 aliphatic rings. The Morgan fingerprint density at radius 3 is 1.55 bits per heavy atom. The predicted molar refractivity (Wildman–Crippen MR) is 80.8 cm³/mol. The first-order chi connectivity index (χ1) is 9.72. The van der Waals surface area contributed by atoms with Crippen LogP contribution in [0.1, 0.15) is 11.1 Å². The van der Waals surface area contributed by atoms with Gasteiger partial charge in [0.2, 0.25) is 0 Å². The Kier molecular flexibility index (Phi) is 5.81. The molecule has 0 N–H and O–H groups in total. The van der Waals surface area contributed by atoms with Gasteiger partial charge >= 0.3 is 7.60 Å². The third-order valence-corrected chi connectivity index (χ3v) is 4.90. The van der Waals surface area contributed by atoms with Crippen molar-refractivity contribution >= 4 is 19.2 Å². The molecule has 2 aromatic carbocycles. The first-order valence-corrected chi connectivity index (χ1v) is 8.50. The van der Waals surface area contributed by atoms with Crippen LogP contribution >= 0.6 is 19.2 Å². The summed E-state index contributed by atoms with van der Waals surface area (Å²) in [6.07, 6.45) is 0. The molecule has 0 radical (unpaired) electrons. The molecule has 0 bridgehead atoms. The number of hydrogen-bond donors (Lipinski definition) is 0. The fraction of sp³-hybridized carbons (Fsp3) is 0.200. The standard InChI is InChI=1S/C15H16ClO3P/c16-13-20(17,18-11-14-7-3-1-4-8-14)19-12-15-9-5-2-6-10-15/h1-10H,11-13H2. The lowest BCUT2D eigenvalue weighted by Crippen LogP contribution is -1.98. The first-order valence-electron chi connectivity index (χ1n) is 6.24. The molecule has 0 heterocycles. The molecule has 2 aromatic rings. The fourth-order valence-corrected chi connectivity index (χ4v) is 2.92. The molecule has 0 spiro atoms. The molecule has 5 heteroatoms. The van der Waals surface area contributed by atoms with Gasteiger partial charge in [0, 0.05) is 0 Å². The van der Waals surface area contributed by atoms with E-state index in [-0.39, 0.29) is 18.8 Å². The predicted octanol–water partition coefficient (Wildman–Crippen LogP) is 4.81. The van der Waals surface area contributed by atoms with Crippen molar-refractivity contribution in [1.29, 1.82) is 0 Å². The Morgan fingerprint density at radius 1 is 0.800 bits per heavy atom. The molecule has 0 aliphatic heterocycles. The maximum absolute atomic E-state index is 12.4. The molecule has 106 valence electrons. The van der Waals surface area contributed by atoms with Gasteiger partial charge in [-0.05, 0) is 11.1 Å². The van der Waals surface area contributed by atoms with Crippen LogP contribution < -0.4 is 0 Å². The van der Waals surface area contributed by atoms with Crippen LogP contribution in [-0.4, -0.2) is 5.62 Å². The Labute approximate surface area is 124 Å². The lowest BCUT2D eigenvalue weighted by molar-refractivity contribution is 0.194. The molecule has 0 aromatic heterocycles. The second-order valence-electron chi connectivity index (χ2n) is 4.25. The van der Waals surface area contributed by atoms with Gasteiger partial charge < -0.3 is 9.05 Å². The van der Waals surface area contributed by atoms with Crippen molar-refractivity contribution in [2.45, 2.75) is 13.2 Å². The van der Waals surface area contributed by atoms with Crippen LogP contribution in [0.15, 0.2) is 60.7 Å². The minimum Gasteiger partial charge on any atom is -0.303 e. The molecule has 20 heavy (non-hydrogen) atoms. The van der Waals surface area contributed by atoms with Crippen molar-refractivity contribution in [2.24, 2.45) is 0 Å². The average molecular weight is 311 g/mol. The van der Waals surface area contributed by atoms with Crippen LogP contribution in [0.3, 0.4) is 0 Å². The normalized spacial score (nSPS) is 11.4. The number of hydrogen-bond acceptors (Lipinski definition) is 3. The van der Waals surface area contributed by atoms with Crippen molar-refractivity contribution < 1.29 is 13.6 Å². The van der Waals surface area contributed by atoms with Gasteiger partial charge in [-0.15, -0.1) is 11.6 Å². The Hall–Kier alpha value is -1.12. The van der Waals surface area contributed by atoms with Crippen LogP contribution in [0.2, 0.25) is 0 Å². The highest BCUT2D eigenvalue weighted by molar-refractivity contribution is 7.55. The molecular weight excluding hydrogens is 295 g/mol. The SMILES string of the molecule is O=P(CCl)(OCc1ccccc1)OCc1ccccc1. The summed E-state index contributed by atoms with van der Waals surface area (Å²) in [4.78, 5) is 0. The smallest absolute Gasteiger partial charge is 0.303 e. The van der Waals surface area contributed by atoms with Crippen molar-refractivity contribution in [3.8, 4) is 0 Å². The highest BCUT2D eigenvalue weighted by Crippen LogP contribution is 2.50. The van der Waals surface area contributed by atoms with Crippen molar-refractivity contribution in [1.82, 2.24) is 0 Å². The van der Waals surface area contributed by atoms with E-state index in [4.69, 9.17) is 20.6 Å². The third-order valence-electron chi connectivity index (χ3n) is 2.69. The Morgan fingerprint density at radius 2 is 1.20 bits per heavy atom. The topological polar surface area (TPSA) is 35.5 Å². The number of benzene rings is 2. The molecule has 0 atom stereocenters. The monoisotopic (exact) mass is 310 g/mol. The second kappa shape index (κ2) is 7.61. The zero-order valence-electron chi connectivity index (χ0n) is 10.9. The molecule has 0 aliphatic carbocycles. The van der Waals surface area contributed by atoms with Crippen molar-refractivity contribution in [3.05, 3.63) is 71.8 Å². The molecule has 0 saturated heterocycles. The number of halogens is 1. The molecule has 0 saturated carbocycles. The summed E-state index contributed by atoms with van der Waals surface area (Å²) in [5.41, 5.74) is 1.70. The Balaban J connectivity index is 1.90. The van der Waals surface area contributed by atoms with Gasteiger partial charge in [-0.3, -0.25) is 4.57 Å². The molecular formula is C15H16ClO3P. The minimum atomic E-state index is -3.27. The maximum Gasteiger partial charge on any atom is 0.345 e. The van der Waals surface area contributed by atoms with Gasteiger partial charge in [-0.1, -0.05) is 60.7 Å². The van der Waals surface area contributed by atoms with Crippen LogP contribution in [-0.2, 0) is 26.8 Å². The summed E-state index contributed by atoms with van der Waals surface area (Å²) >= 11 is 5.73. The maximum atomic E-state index is 12.4. The van der Waals surface area contributed by atoms with E-state index < -0.39 is 7.60 Å². The lowest BCUT2D eigenvalue weighted by Gasteiger charge is -2.16. The second-order valence-corrected chi connectivity index (χ2v) is 6.94. The van der Waals surface area contributed by atoms with Gasteiger partial charge in [0.15, 0.2) is 0 Å². The molecule has 3 nitrogen and oxygen atoms in total. The molecule has 2 rings (SSSR count). The summed E-state index contributed by atoms with van der Waals surface area (Å²) in [6.45, 7) is 0.444. The zero-order valence-corrected chi connectivity index (χ0v) is 12.6. The van der Waals surface area contributed by atoms with E-state index in [0.717, 1.165) is 11.1 Å². The van der Waals surface area contributed by atoms with Gasteiger partial charge in [-0.25, -0.2) is 0 Å². The summed E-state index contributed by atoms with van der Waals surface area (Å²) < 4.78 is 23.1. The van der Waals surface area contributed by atoms with Crippen LogP contribution in [0.25, 0.3) is 0 Å². The largest absolute Gasteiger partial charge is 0.345 e. The minimum absolute atomic E-state index is 0.160. The van der Waals surface area contributed by atoms with E-state index in [0.29, 0.717) is 0 Å². The van der Waals surface area contributed by atoms with E-state index in [2.05, 4.69) is 0 Å².